The first-order chi connectivity index (χ1) is 8.58. The maximum Gasteiger partial charge on any atom is 0.155 e. The normalized spacial score (nSPS) is 10.7. The Morgan fingerprint density at radius 2 is 2.17 bits per heavy atom. The van der Waals surface area contributed by atoms with Crippen molar-refractivity contribution < 1.29 is 4.74 Å². The van der Waals surface area contributed by atoms with Crippen molar-refractivity contribution in [3.63, 3.8) is 0 Å². The first-order valence-corrected chi connectivity index (χ1v) is 6.02. The molecule has 0 bridgehead atoms. The molecule has 0 unspecified atom stereocenters. The molecule has 4 nitrogen and oxygen atoms in total. The molecule has 1 aromatic carbocycles. The second-order valence-electron chi connectivity index (χ2n) is 4.11. The monoisotopic (exact) mass is 265 g/mol. The van der Waals surface area contributed by atoms with Gasteiger partial charge in [-0.25, -0.2) is 4.98 Å². The van der Waals surface area contributed by atoms with E-state index >= 15 is 0 Å². The fourth-order valence-corrected chi connectivity index (χ4v) is 2.36. The average molecular weight is 266 g/mol. The number of hydrogen-bond acceptors (Lipinski definition) is 3. The van der Waals surface area contributed by atoms with Gasteiger partial charge in [-0.15, -0.1) is 0 Å². The number of aromatic nitrogens is 2. The van der Waals surface area contributed by atoms with E-state index in [1.165, 1.54) is 0 Å². The molecule has 0 aliphatic heterocycles. The average Bonchev–Trinajstić information content (AvgIpc) is 2.64. The van der Waals surface area contributed by atoms with Crippen LogP contribution in [-0.2, 0) is 13.6 Å². The van der Waals surface area contributed by atoms with Crippen LogP contribution in [0.4, 0.5) is 0 Å². The third-order valence-electron chi connectivity index (χ3n) is 3.00. The third kappa shape index (κ3) is 2.09. The summed E-state index contributed by atoms with van der Waals surface area (Å²) in [4.78, 5) is 4.25. The van der Waals surface area contributed by atoms with Crippen LogP contribution in [0.5, 0.6) is 5.75 Å². The minimum Gasteiger partial charge on any atom is -0.496 e. The van der Waals surface area contributed by atoms with Crippen molar-refractivity contribution in [1.29, 1.82) is 0 Å². The summed E-state index contributed by atoms with van der Waals surface area (Å²) < 4.78 is 7.17. The quantitative estimate of drug-likeness (QED) is 0.928. The zero-order chi connectivity index (χ0) is 13.3. The van der Waals surface area contributed by atoms with Crippen LogP contribution in [0, 0.1) is 6.92 Å². The lowest BCUT2D eigenvalue weighted by atomic mass is 10.1. The van der Waals surface area contributed by atoms with E-state index in [0.717, 1.165) is 28.4 Å². The molecule has 2 N–H and O–H groups in total. The largest absolute Gasteiger partial charge is 0.496 e. The van der Waals surface area contributed by atoms with E-state index in [0.29, 0.717) is 11.7 Å². The van der Waals surface area contributed by atoms with Crippen LogP contribution in [0.1, 0.15) is 11.4 Å². The van der Waals surface area contributed by atoms with Gasteiger partial charge >= 0.3 is 0 Å². The Morgan fingerprint density at radius 1 is 1.44 bits per heavy atom. The van der Waals surface area contributed by atoms with E-state index in [2.05, 4.69) is 4.98 Å². The number of aryl methyl sites for hydroxylation is 1. The Bertz CT molecular complexity index is 578. The maximum atomic E-state index is 6.17. The molecule has 0 amide bonds. The highest BCUT2D eigenvalue weighted by atomic mass is 35.5. The summed E-state index contributed by atoms with van der Waals surface area (Å²) in [6, 6.07) is 5.92. The minimum absolute atomic E-state index is 0.366. The molecule has 0 atom stereocenters. The first-order valence-electron chi connectivity index (χ1n) is 5.64. The van der Waals surface area contributed by atoms with Gasteiger partial charge in [0.05, 0.1) is 19.3 Å². The number of rotatable bonds is 3. The van der Waals surface area contributed by atoms with Crippen LogP contribution in [0.25, 0.3) is 11.3 Å². The molecule has 18 heavy (non-hydrogen) atoms. The SMILES string of the molecule is COc1ccc(-c2c(Cl)nc(CN)n2C)cc1C. The minimum atomic E-state index is 0.366. The van der Waals surface area contributed by atoms with Crippen LogP contribution in [0.3, 0.4) is 0 Å². The number of imidazole rings is 1. The van der Waals surface area contributed by atoms with E-state index in [-0.39, 0.29) is 0 Å². The van der Waals surface area contributed by atoms with Gasteiger partial charge in [0.1, 0.15) is 11.6 Å². The third-order valence-corrected chi connectivity index (χ3v) is 3.26. The van der Waals surface area contributed by atoms with Gasteiger partial charge in [0, 0.05) is 12.6 Å². The van der Waals surface area contributed by atoms with Gasteiger partial charge in [0.25, 0.3) is 0 Å². The fraction of sp³-hybridized carbons (Fsp3) is 0.308. The number of nitrogens with two attached hydrogens (primary N) is 1. The van der Waals surface area contributed by atoms with Gasteiger partial charge in [-0.2, -0.15) is 0 Å². The van der Waals surface area contributed by atoms with E-state index in [1.807, 2.05) is 36.7 Å². The van der Waals surface area contributed by atoms with Crippen LogP contribution < -0.4 is 10.5 Å². The predicted octanol–water partition coefficient (Wildman–Crippen LogP) is 2.52. The van der Waals surface area contributed by atoms with E-state index in [1.54, 1.807) is 7.11 Å². The Morgan fingerprint density at radius 3 is 2.67 bits per heavy atom. The van der Waals surface area contributed by atoms with Crippen molar-refractivity contribution in [2.24, 2.45) is 12.8 Å². The summed E-state index contributed by atoms with van der Waals surface area (Å²) in [6.45, 7) is 2.36. The lowest BCUT2D eigenvalue weighted by molar-refractivity contribution is 0.412. The highest BCUT2D eigenvalue weighted by Crippen LogP contribution is 2.31. The van der Waals surface area contributed by atoms with Gasteiger partial charge < -0.3 is 15.0 Å². The highest BCUT2D eigenvalue weighted by molar-refractivity contribution is 6.32. The second-order valence-corrected chi connectivity index (χ2v) is 4.47. The summed E-state index contributed by atoms with van der Waals surface area (Å²) in [6.07, 6.45) is 0. The number of ether oxygens (including phenoxy) is 1. The fourth-order valence-electron chi connectivity index (χ4n) is 2.03. The van der Waals surface area contributed by atoms with Crippen molar-refractivity contribution >= 4 is 11.6 Å². The summed E-state index contributed by atoms with van der Waals surface area (Å²) in [7, 11) is 3.57. The summed E-state index contributed by atoms with van der Waals surface area (Å²) in [5, 5.41) is 0.475. The Kier molecular flexibility index (Phi) is 3.59. The van der Waals surface area contributed by atoms with Crippen LogP contribution in [0.15, 0.2) is 18.2 Å². The molecule has 5 heteroatoms. The van der Waals surface area contributed by atoms with Crippen molar-refractivity contribution in [3.05, 3.63) is 34.7 Å². The van der Waals surface area contributed by atoms with Crippen molar-refractivity contribution in [3.8, 4) is 17.0 Å². The Balaban J connectivity index is 2.55. The number of benzene rings is 1. The van der Waals surface area contributed by atoms with Gasteiger partial charge in [-0.05, 0) is 30.7 Å². The van der Waals surface area contributed by atoms with E-state index in [9.17, 15) is 0 Å². The lowest BCUT2D eigenvalue weighted by Crippen LogP contribution is -2.05. The lowest BCUT2D eigenvalue weighted by Gasteiger charge is -2.09. The van der Waals surface area contributed by atoms with Crippen LogP contribution in [0.2, 0.25) is 5.15 Å². The van der Waals surface area contributed by atoms with Crippen molar-refractivity contribution in [2.45, 2.75) is 13.5 Å². The van der Waals surface area contributed by atoms with Gasteiger partial charge in [-0.1, -0.05) is 11.6 Å². The van der Waals surface area contributed by atoms with E-state index in [4.69, 9.17) is 22.1 Å². The van der Waals surface area contributed by atoms with Gasteiger partial charge in [0.2, 0.25) is 0 Å². The smallest absolute Gasteiger partial charge is 0.155 e. The Labute approximate surface area is 111 Å². The molecule has 0 aliphatic carbocycles. The molecule has 0 aliphatic rings. The molecule has 2 rings (SSSR count). The zero-order valence-electron chi connectivity index (χ0n) is 10.7. The Hall–Kier alpha value is -1.52. The molecule has 0 saturated heterocycles. The molecule has 96 valence electrons. The van der Waals surface area contributed by atoms with Crippen molar-refractivity contribution in [2.75, 3.05) is 7.11 Å². The molecular formula is C13H16ClN3O. The topological polar surface area (TPSA) is 53.1 Å². The number of nitrogens with zero attached hydrogens (tertiary/aromatic N) is 2. The number of hydrogen-bond donors (Lipinski definition) is 1. The summed E-state index contributed by atoms with van der Waals surface area (Å²) in [5.41, 5.74) is 8.57. The zero-order valence-corrected chi connectivity index (χ0v) is 11.5. The predicted molar refractivity (Wildman–Crippen MR) is 72.8 cm³/mol. The van der Waals surface area contributed by atoms with Crippen molar-refractivity contribution in [1.82, 2.24) is 9.55 Å². The molecule has 1 aromatic heterocycles. The number of methoxy groups -OCH3 is 1. The van der Waals surface area contributed by atoms with Gasteiger partial charge in [0.15, 0.2) is 5.15 Å². The maximum absolute atomic E-state index is 6.17. The molecule has 2 aromatic rings. The molecule has 0 fully saturated rings. The molecule has 1 heterocycles. The molecular weight excluding hydrogens is 250 g/mol. The van der Waals surface area contributed by atoms with E-state index < -0.39 is 0 Å². The first kappa shape index (κ1) is 12.9. The number of halogens is 1. The van der Waals surface area contributed by atoms with Gasteiger partial charge in [-0.3, -0.25) is 0 Å². The van der Waals surface area contributed by atoms with Crippen LogP contribution in [-0.4, -0.2) is 16.7 Å². The standard InChI is InChI=1S/C13H16ClN3O/c1-8-6-9(4-5-10(8)18-3)12-13(14)16-11(7-15)17(12)2/h4-6H,7,15H2,1-3H3. The molecule has 0 saturated carbocycles. The second kappa shape index (κ2) is 5.00. The summed E-state index contributed by atoms with van der Waals surface area (Å²) >= 11 is 6.17. The highest BCUT2D eigenvalue weighted by Gasteiger charge is 2.14. The van der Waals surface area contributed by atoms with Crippen LogP contribution >= 0.6 is 11.6 Å². The molecule has 0 spiro atoms. The summed E-state index contributed by atoms with van der Waals surface area (Å²) in [5.74, 6) is 1.62. The molecule has 0 radical (unpaired) electrons.